The van der Waals surface area contributed by atoms with Crippen molar-refractivity contribution >= 4 is 5.91 Å². The Morgan fingerprint density at radius 2 is 2.14 bits per heavy atom. The van der Waals surface area contributed by atoms with E-state index in [0.717, 1.165) is 17.0 Å². The summed E-state index contributed by atoms with van der Waals surface area (Å²) in [6, 6.07) is 7.67. The highest BCUT2D eigenvalue weighted by molar-refractivity contribution is 5.95. The summed E-state index contributed by atoms with van der Waals surface area (Å²) in [5.41, 5.74) is 1.83. The molecule has 5 nitrogen and oxygen atoms in total. The summed E-state index contributed by atoms with van der Waals surface area (Å²) in [6.45, 7) is 7.34. The highest BCUT2D eigenvalue weighted by Gasteiger charge is 2.36. The molecule has 0 unspecified atom stereocenters. The van der Waals surface area contributed by atoms with Gasteiger partial charge < -0.3 is 9.42 Å². The van der Waals surface area contributed by atoms with Gasteiger partial charge in [0.15, 0.2) is 5.82 Å². The number of aryl methyl sites for hydroxylation is 1. The minimum atomic E-state index is 0.0681. The second kappa shape index (κ2) is 5.31. The molecule has 0 atom stereocenters. The van der Waals surface area contributed by atoms with Crippen molar-refractivity contribution in [3.8, 4) is 0 Å². The Hall–Kier alpha value is -2.17. The molecule has 110 valence electrons. The number of aromatic nitrogens is 2. The van der Waals surface area contributed by atoms with Crippen LogP contribution in [0.15, 0.2) is 28.8 Å². The Kier molecular flexibility index (Phi) is 3.49. The Morgan fingerprint density at radius 3 is 2.76 bits per heavy atom. The molecular weight excluding hydrogens is 266 g/mol. The van der Waals surface area contributed by atoms with Crippen molar-refractivity contribution in [2.75, 3.05) is 13.1 Å². The van der Waals surface area contributed by atoms with E-state index in [-0.39, 0.29) is 17.7 Å². The van der Waals surface area contributed by atoms with Gasteiger partial charge in [0.1, 0.15) is 0 Å². The Balaban J connectivity index is 1.63. The van der Waals surface area contributed by atoms with E-state index in [9.17, 15) is 4.79 Å². The van der Waals surface area contributed by atoms with Gasteiger partial charge in [0.25, 0.3) is 5.91 Å². The average Bonchev–Trinajstić information content (AvgIpc) is 2.86. The van der Waals surface area contributed by atoms with Gasteiger partial charge in [-0.25, -0.2) is 0 Å². The van der Waals surface area contributed by atoms with Crippen molar-refractivity contribution in [2.45, 2.75) is 32.6 Å². The average molecular weight is 285 g/mol. The molecule has 1 aromatic heterocycles. The summed E-state index contributed by atoms with van der Waals surface area (Å²) in [5, 5.41) is 3.97. The lowest BCUT2D eigenvalue weighted by atomic mass is 9.98. The van der Waals surface area contributed by atoms with Gasteiger partial charge in [0, 0.05) is 24.6 Å². The minimum Gasteiger partial charge on any atom is -0.339 e. The summed E-state index contributed by atoms with van der Waals surface area (Å²) >= 11 is 0. The van der Waals surface area contributed by atoms with E-state index in [4.69, 9.17) is 4.52 Å². The largest absolute Gasteiger partial charge is 0.339 e. The molecule has 1 amide bonds. The van der Waals surface area contributed by atoms with Crippen molar-refractivity contribution in [3.05, 3.63) is 47.1 Å². The molecule has 1 aliphatic rings. The highest BCUT2D eigenvalue weighted by atomic mass is 16.5. The predicted molar refractivity (Wildman–Crippen MR) is 78.2 cm³/mol. The van der Waals surface area contributed by atoms with Gasteiger partial charge >= 0.3 is 0 Å². The van der Waals surface area contributed by atoms with Crippen LogP contribution < -0.4 is 0 Å². The zero-order valence-corrected chi connectivity index (χ0v) is 12.5. The van der Waals surface area contributed by atoms with Gasteiger partial charge in [0.2, 0.25) is 5.89 Å². The summed E-state index contributed by atoms with van der Waals surface area (Å²) in [7, 11) is 0. The van der Waals surface area contributed by atoms with Crippen LogP contribution in [0.3, 0.4) is 0 Å². The molecule has 0 bridgehead atoms. The van der Waals surface area contributed by atoms with Crippen LogP contribution in [0.2, 0.25) is 0 Å². The highest BCUT2D eigenvalue weighted by Crippen LogP contribution is 2.28. The maximum absolute atomic E-state index is 12.3. The lowest BCUT2D eigenvalue weighted by Gasteiger charge is -2.37. The van der Waals surface area contributed by atoms with E-state index in [1.165, 1.54) is 0 Å². The number of hydrogen-bond donors (Lipinski definition) is 0. The molecule has 0 N–H and O–H groups in total. The van der Waals surface area contributed by atoms with Crippen LogP contribution >= 0.6 is 0 Å². The maximum Gasteiger partial charge on any atom is 0.253 e. The predicted octanol–water partition coefficient (Wildman–Crippen LogP) is 2.74. The SMILES string of the molecule is Cc1cccc(C(=O)N2CC(c3nc(C(C)C)no3)C2)c1. The van der Waals surface area contributed by atoms with E-state index in [0.29, 0.717) is 19.0 Å². The number of amides is 1. The Bertz CT molecular complexity index is 657. The normalized spacial score (nSPS) is 15.3. The van der Waals surface area contributed by atoms with Crippen molar-refractivity contribution in [2.24, 2.45) is 0 Å². The molecule has 0 radical (unpaired) electrons. The summed E-state index contributed by atoms with van der Waals surface area (Å²) in [4.78, 5) is 18.5. The fourth-order valence-corrected chi connectivity index (χ4v) is 2.41. The quantitative estimate of drug-likeness (QED) is 0.870. The van der Waals surface area contributed by atoms with Gasteiger partial charge in [0.05, 0.1) is 5.92 Å². The molecule has 0 aliphatic carbocycles. The minimum absolute atomic E-state index is 0.0681. The first-order valence-corrected chi connectivity index (χ1v) is 7.24. The first-order chi connectivity index (χ1) is 10.0. The molecule has 5 heteroatoms. The molecule has 0 spiro atoms. The van der Waals surface area contributed by atoms with Crippen LogP contribution in [0.1, 0.15) is 53.3 Å². The van der Waals surface area contributed by atoms with Crippen molar-refractivity contribution in [1.82, 2.24) is 15.0 Å². The third kappa shape index (κ3) is 2.68. The number of hydrogen-bond acceptors (Lipinski definition) is 4. The van der Waals surface area contributed by atoms with Gasteiger partial charge in [-0.15, -0.1) is 0 Å². The van der Waals surface area contributed by atoms with E-state index < -0.39 is 0 Å². The molecule has 1 aliphatic heterocycles. The first kappa shape index (κ1) is 13.8. The maximum atomic E-state index is 12.3. The van der Waals surface area contributed by atoms with Crippen LogP contribution in [0, 0.1) is 6.92 Å². The monoisotopic (exact) mass is 285 g/mol. The van der Waals surface area contributed by atoms with E-state index >= 15 is 0 Å². The number of nitrogens with zero attached hydrogens (tertiary/aromatic N) is 3. The zero-order valence-electron chi connectivity index (χ0n) is 12.5. The number of carbonyl (C=O) groups is 1. The molecule has 2 aromatic rings. The van der Waals surface area contributed by atoms with Crippen molar-refractivity contribution in [1.29, 1.82) is 0 Å². The summed E-state index contributed by atoms with van der Waals surface area (Å²) < 4.78 is 5.28. The third-order valence-electron chi connectivity index (χ3n) is 3.76. The smallest absolute Gasteiger partial charge is 0.253 e. The second-order valence-corrected chi connectivity index (χ2v) is 5.92. The van der Waals surface area contributed by atoms with E-state index in [1.807, 2.05) is 49.9 Å². The molecule has 2 heterocycles. The fraction of sp³-hybridized carbons (Fsp3) is 0.438. The van der Waals surface area contributed by atoms with E-state index in [1.54, 1.807) is 0 Å². The lowest BCUT2D eigenvalue weighted by Crippen LogP contribution is -2.48. The zero-order chi connectivity index (χ0) is 15.0. The van der Waals surface area contributed by atoms with Crippen molar-refractivity contribution in [3.63, 3.8) is 0 Å². The van der Waals surface area contributed by atoms with Crippen LogP contribution in [0.25, 0.3) is 0 Å². The molecule has 0 saturated carbocycles. The lowest BCUT2D eigenvalue weighted by molar-refractivity contribution is 0.0569. The molecule has 1 fully saturated rings. The van der Waals surface area contributed by atoms with Crippen LogP contribution in [-0.4, -0.2) is 34.0 Å². The van der Waals surface area contributed by atoms with E-state index in [2.05, 4.69) is 10.1 Å². The van der Waals surface area contributed by atoms with Gasteiger partial charge in [-0.2, -0.15) is 4.98 Å². The first-order valence-electron chi connectivity index (χ1n) is 7.24. The van der Waals surface area contributed by atoms with Gasteiger partial charge in [-0.1, -0.05) is 36.7 Å². The number of carbonyl (C=O) groups excluding carboxylic acids is 1. The second-order valence-electron chi connectivity index (χ2n) is 5.92. The number of benzene rings is 1. The number of rotatable bonds is 3. The Labute approximate surface area is 124 Å². The van der Waals surface area contributed by atoms with Gasteiger partial charge in [-0.05, 0) is 19.1 Å². The summed E-state index contributed by atoms with van der Waals surface area (Å²) in [6.07, 6.45) is 0. The standard InChI is InChI=1S/C16H19N3O2/c1-10(2)14-17-15(21-18-14)13-8-19(9-13)16(20)12-6-4-5-11(3)7-12/h4-7,10,13H,8-9H2,1-3H3. The molecule has 21 heavy (non-hydrogen) atoms. The summed E-state index contributed by atoms with van der Waals surface area (Å²) in [5.74, 6) is 1.87. The number of likely N-dealkylation sites (tertiary alicyclic amines) is 1. The molecule has 3 rings (SSSR count). The fourth-order valence-electron chi connectivity index (χ4n) is 2.41. The van der Waals surface area contributed by atoms with Crippen molar-refractivity contribution < 1.29 is 9.32 Å². The molecule has 1 aromatic carbocycles. The Morgan fingerprint density at radius 1 is 1.38 bits per heavy atom. The third-order valence-corrected chi connectivity index (χ3v) is 3.76. The van der Waals surface area contributed by atoms with Crippen LogP contribution in [-0.2, 0) is 0 Å². The van der Waals surface area contributed by atoms with Gasteiger partial charge in [-0.3, -0.25) is 4.79 Å². The molecular formula is C16H19N3O2. The van der Waals surface area contributed by atoms with Crippen LogP contribution in [0.4, 0.5) is 0 Å². The topological polar surface area (TPSA) is 59.2 Å². The molecule has 1 saturated heterocycles. The van der Waals surface area contributed by atoms with Crippen LogP contribution in [0.5, 0.6) is 0 Å².